The van der Waals surface area contributed by atoms with E-state index in [1.54, 1.807) is 7.05 Å². The molecule has 5 nitrogen and oxygen atoms in total. The molecule has 3 aliphatic rings. The number of carbonyl (C=O) groups is 2. The number of hydrogen-bond donors (Lipinski definition) is 1. The van der Waals surface area contributed by atoms with Crippen LogP contribution in [0.4, 0.5) is 4.79 Å². The number of amides is 3. The van der Waals surface area contributed by atoms with E-state index < -0.39 is 5.54 Å². The summed E-state index contributed by atoms with van der Waals surface area (Å²) in [6.45, 7) is 5.12. The lowest BCUT2D eigenvalue weighted by molar-refractivity contribution is -0.132. The number of rotatable bonds is 4. The van der Waals surface area contributed by atoms with E-state index in [1.165, 1.54) is 37.0 Å². The standard InChI is InChI=1S/C17H29N3O2/c1-17(15(21)19(2)16(22)18-17)14-8-5-10-20(12-14)11-9-13-6-3-4-7-13/h13-14H,3-12H2,1-2H3,(H,18,22)/t14-,17+/m0/s1. The first-order valence-corrected chi connectivity index (χ1v) is 8.83. The Bertz CT molecular complexity index is 447. The molecule has 3 amide bonds. The number of piperidine rings is 1. The van der Waals surface area contributed by atoms with Crippen LogP contribution in [0.1, 0.15) is 51.9 Å². The van der Waals surface area contributed by atoms with Crippen LogP contribution in [-0.4, -0.2) is 54.0 Å². The van der Waals surface area contributed by atoms with Gasteiger partial charge in [-0.3, -0.25) is 9.69 Å². The van der Waals surface area contributed by atoms with Crippen LogP contribution < -0.4 is 5.32 Å². The van der Waals surface area contributed by atoms with Crippen LogP contribution >= 0.6 is 0 Å². The van der Waals surface area contributed by atoms with E-state index in [1.807, 2.05) is 6.92 Å². The Morgan fingerprint density at radius 1 is 1.18 bits per heavy atom. The van der Waals surface area contributed by atoms with Crippen molar-refractivity contribution in [3.05, 3.63) is 0 Å². The van der Waals surface area contributed by atoms with E-state index in [-0.39, 0.29) is 17.9 Å². The lowest BCUT2D eigenvalue weighted by Crippen LogP contribution is -2.55. The van der Waals surface area contributed by atoms with Crippen molar-refractivity contribution >= 4 is 11.9 Å². The van der Waals surface area contributed by atoms with Crippen LogP contribution in [0.15, 0.2) is 0 Å². The molecule has 0 radical (unpaired) electrons. The highest BCUT2D eigenvalue weighted by molar-refractivity contribution is 6.06. The number of nitrogens with one attached hydrogen (secondary N) is 1. The molecule has 1 aliphatic carbocycles. The van der Waals surface area contributed by atoms with Gasteiger partial charge in [0.15, 0.2) is 0 Å². The Morgan fingerprint density at radius 3 is 2.55 bits per heavy atom. The normalized spacial score (nSPS) is 34.5. The molecule has 1 N–H and O–H groups in total. The van der Waals surface area contributed by atoms with Crippen LogP contribution in [0.5, 0.6) is 0 Å². The number of likely N-dealkylation sites (N-methyl/N-ethyl adjacent to an activating group) is 1. The minimum Gasteiger partial charge on any atom is -0.323 e. The fourth-order valence-electron chi connectivity index (χ4n) is 4.47. The molecule has 2 atom stereocenters. The van der Waals surface area contributed by atoms with Crippen molar-refractivity contribution in [1.82, 2.24) is 15.1 Å². The smallest absolute Gasteiger partial charge is 0.323 e. The summed E-state index contributed by atoms with van der Waals surface area (Å²) in [6, 6.07) is -0.254. The Balaban J connectivity index is 1.58. The second-order valence-electron chi connectivity index (χ2n) is 7.58. The van der Waals surface area contributed by atoms with Crippen molar-refractivity contribution < 1.29 is 9.59 Å². The first-order chi connectivity index (χ1) is 10.5. The lowest BCUT2D eigenvalue weighted by Gasteiger charge is -2.40. The Morgan fingerprint density at radius 2 is 1.91 bits per heavy atom. The lowest BCUT2D eigenvalue weighted by atomic mass is 9.80. The molecule has 0 bridgehead atoms. The van der Waals surface area contributed by atoms with E-state index in [2.05, 4.69) is 10.2 Å². The monoisotopic (exact) mass is 307 g/mol. The van der Waals surface area contributed by atoms with Crippen LogP contribution in [0.25, 0.3) is 0 Å². The van der Waals surface area contributed by atoms with Gasteiger partial charge in [-0.2, -0.15) is 0 Å². The Kier molecular flexibility index (Phi) is 4.44. The largest absolute Gasteiger partial charge is 0.324 e. The summed E-state index contributed by atoms with van der Waals surface area (Å²) in [4.78, 5) is 28.0. The zero-order chi connectivity index (χ0) is 15.7. The fourth-order valence-corrected chi connectivity index (χ4v) is 4.47. The van der Waals surface area contributed by atoms with Crippen molar-refractivity contribution in [3.8, 4) is 0 Å². The van der Waals surface area contributed by atoms with Gasteiger partial charge in [-0.1, -0.05) is 25.7 Å². The van der Waals surface area contributed by atoms with Crippen molar-refractivity contribution in [2.45, 2.75) is 57.4 Å². The van der Waals surface area contributed by atoms with E-state index in [9.17, 15) is 9.59 Å². The van der Waals surface area contributed by atoms with E-state index in [4.69, 9.17) is 0 Å². The van der Waals surface area contributed by atoms with Gasteiger partial charge in [-0.25, -0.2) is 4.79 Å². The maximum Gasteiger partial charge on any atom is 0.324 e. The third-order valence-electron chi connectivity index (χ3n) is 6.07. The molecular weight excluding hydrogens is 278 g/mol. The summed E-state index contributed by atoms with van der Waals surface area (Å²) < 4.78 is 0. The number of imide groups is 1. The van der Waals surface area contributed by atoms with E-state index in [0.717, 1.165) is 38.4 Å². The molecular formula is C17H29N3O2. The quantitative estimate of drug-likeness (QED) is 0.810. The second-order valence-corrected chi connectivity index (χ2v) is 7.58. The molecule has 2 heterocycles. The first kappa shape index (κ1) is 15.8. The molecule has 5 heteroatoms. The molecule has 22 heavy (non-hydrogen) atoms. The number of urea groups is 1. The number of likely N-dealkylation sites (tertiary alicyclic amines) is 1. The molecule has 124 valence electrons. The summed E-state index contributed by atoms with van der Waals surface area (Å²) in [5.74, 6) is 1.07. The summed E-state index contributed by atoms with van der Waals surface area (Å²) in [6.07, 6.45) is 9.04. The fraction of sp³-hybridized carbons (Fsp3) is 0.882. The highest BCUT2D eigenvalue weighted by Gasteiger charge is 2.51. The summed E-state index contributed by atoms with van der Waals surface area (Å²) in [7, 11) is 1.57. The van der Waals surface area contributed by atoms with Gasteiger partial charge >= 0.3 is 6.03 Å². The molecule has 1 saturated carbocycles. The number of nitrogens with zero attached hydrogens (tertiary/aromatic N) is 2. The van der Waals surface area contributed by atoms with Gasteiger partial charge < -0.3 is 10.2 Å². The molecule has 0 spiro atoms. The van der Waals surface area contributed by atoms with Gasteiger partial charge in [-0.15, -0.1) is 0 Å². The van der Waals surface area contributed by atoms with Gasteiger partial charge in [0.05, 0.1) is 0 Å². The van der Waals surface area contributed by atoms with Crippen molar-refractivity contribution in [1.29, 1.82) is 0 Å². The van der Waals surface area contributed by atoms with Crippen molar-refractivity contribution in [2.75, 3.05) is 26.7 Å². The second kappa shape index (κ2) is 6.19. The zero-order valence-corrected chi connectivity index (χ0v) is 13.9. The molecule has 3 fully saturated rings. The number of hydrogen-bond acceptors (Lipinski definition) is 3. The highest BCUT2D eigenvalue weighted by atomic mass is 16.2. The molecule has 0 aromatic carbocycles. The third kappa shape index (κ3) is 2.87. The summed E-state index contributed by atoms with van der Waals surface area (Å²) >= 11 is 0. The summed E-state index contributed by atoms with van der Waals surface area (Å²) in [5.41, 5.74) is -0.710. The third-order valence-corrected chi connectivity index (χ3v) is 6.07. The average molecular weight is 307 g/mol. The maximum absolute atomic E-state index is 12.4. The SMILES string of the molecule is CN1C(=O)N[C@](C)([C@H]2CCCN(CCC3CCCC3)C2)C1=O. The van der Waals surface area contributed by atoms with Crippen LogP contribution in [0.2, 0.25) is 0 Å². The van der Waals surface area contributed by atoms with Crippen LogP contribution in [0, 0.1) is 11.8 Å². The molecule has 2 aliphatic heterocycles. The van der Waals surface area contributed by atoms with E-state index in [0.29, 0.717) is 0 Å². The van der Waals surface area contributed by atoms with Gasteiger partial charge in [0.2, 0.25) is 0 Å². The van der Waals surface area contributed by atoms with Gasteiger partial charge in [0.1, 0.15) is 5.54 Å². The van der Waals surface area contributed by atoms with Crippen molar-refractivity contribution in [2.24, 2.45) is 11.8 Å². The van der Waals surface area contributed by atoms with Gasteiger partial charge in [-0.05, 0) is 45.2 Å². The van der Waals surface area contributed by atoms with Crippen LogP contribution in [-0.2, 0) is 4.79 Å². The highest BCUT2D eigenvalue weighted by Crippen LogP contribution is 2.33. The molecule has 2 saturated heterocycles. The number of carbonyl (C=O) groups excluding carboxylic acids is 2. The minimum absolute atomic E-state index is 0.0693. The van der Waals surface area contributed by atoms with Gasteiger partial charge in [0.25, 0.3) is 5.91 Å². The average Bonchev–Trinajstić information content (AvgIpc) is 3.10. The maximum atomic E-state index is 12.4. The molecule has 0 aromatic rings. The topological polar surface area (TPSA) is 52.7 Å². The Labute approximate surface area is 133 Å². The predicted molar refractivity (Wildman–Crippen MR) is 85.4 cm³/mol. The van der Waals surface area contributed by atoms with Crippen molar-refractivity contribution in [3.63, 3.8) is 0 Å². The molecule has 0 aromatic heterocycles. The first-order valence-electron chi connectivity index (χ1n) is 8.83. The predicted octanol–water partition coefficient (Wildman–Crippen LogP) is 2.22. The van der Waals surface area contributed by atoms with Crippen LogP contribution in [0.3, 0.4) is 0 Å². The Hall–Kier alpha value is -1.10. The van der Waals surface area contributed by atoms with E-state index >= 15 is 0 Å². The molecule has 3 rings (SSSR count). The zero-order valence-electron chi connectivity index (χ0n) is 13.9. The molecule has 0 unspecified atom stereocenters. The minimum atomic E-state index is -0.710. The summed E-state index contributed by atoms with van der Waals surface area (Å²) in [5, 5.41) is 2.93. The van der Waals surface area contributed by atoms with Gasteiger partial charge in [0, 0.05) is 19.5 Å².